The van der Waals surface area contributed by atoms with Crippen molar-refractivity contribution in [1.29, 1.82) is 0 Å². The highest BCUT2D eigenvalue weighted by Gasteiger charge is 2.58. The lowest BCUT2D eigenvalue weighted by Gasteiger charge is -2.59. The Morgan fingerprint density at radius 3 is 2.58 bits per heavy atom. The van der Waals surface area contributed by atoms with Crippen molar-refractivity contribution in [1.82, 2.24) is 4.31 Å². The first-order valence-electron chi connectivity index (χ1n) is 9.08. The molecule has 0 aromatic heterocycles. The maximum atomic E-state index is 13.4. The fourth-order valence-electron chi connectivity index (χ4n) is 4.44. The van der Waals surface area contributed by atoms with Crippen molar-refractivity contribution in [2.45, 2.75) is 68.3 Å². The SMILES string of the molecule is C=CC[C@]12C[C@@H](OC)C[C@](C)(CN(S(=O)(=O)c3ccc(C)cc3)[C@H]1C)O2. The number of fused-ring (bicyclic) bond motifs is 2. The molecule has 2 bridgehead atoms. The molecule has 1 aromatic rings. The van der Waals surface area contributed by atoms with Crippen molar-refractivity contribution >= 4 is 10.0 Å². The van der Waals surface area contributed by atoms with Crippen LogP contribution in [0.1, 0.15) is 38.7 Å². The van der Waals surface area contributed by atoms with Crippen LogP contribution in [0.2, 0.25) is 0 Å². The number of methoxy groups -OCH3 is 1. The molecule has 26 heavy (non-hydrogen) atoms. The van der Waals surface area contributed by atoms with E-state index in [1.807, 2.05) is 39.0 Å². The van der Waals surface area contributed by atoms with Gasteiger partial charge in [-0.1, -0.05) is 23.8 Å². The summed E-state index contributed by atoms with van der Waals surface area (Å²) in [6.07, 6.45) is 3.79. The predicted molar refractivity (Wildman–Crippen MR) is 102 cm³/mol. The molecular formula is C20H29NO4S. The lowest BCUT2D eigenvalue weighted by Crippen LogP contribution is -2.70. The van der Waals surface area contributed by atoms with E-state index >= 15 is 0 Å². The zero-order valence-electron chi connectivity index (χ0n) is 16.1. The van der Waals surface area contributed by atoms with Gasteiger partial charge in [-0.3, -0.25) is 0 Å². The predicted octanol–water partition coefficient (Wildman–Crippen LogP) is 3.29. The van der Waals surface area contributed by atoms with E-state index in [4.69, 9.17) is 9.47 Å². The van der Waals surface area contributed by atoms with E-state index in [0.29, 0.717) is 30.7 Å². The molecule has 2 saturated heterocycles. The van der Waals surface area contributed by atoms with Gasteiger partial charge >= 0.3 is 0 Å². The van der Waals surface area contributed by atoms with E-state index in [0.717, 1.165) is 5.56 Å². The number of morpholine rings is 1. The van der Waals surface area contributed by atoms with Gasteiger partial charge < -0.3 is 9.47 Å². The van der Waals surface area contributed by atoms with Crippen LogP contribution in [0, 0.1) is 6.92 Å². The highest BCUT2D eigenvalue weighted by molar-refractivity contribution is 7.89. The average Bonchev–Trinajstić information content (AvgIpc) is 2.58. The second kappa shape index (κ2) is 6.75. The fraction of sp³-hybridized carbons (Fsp3) is 0.600. The first kappa shape index (κ1) is 19.5. The van der Waals surface area contributed by atoms with Gasteiger partial charge in [0, 0.05) is 26.5 Å². The van der Waals surface area contributed by atoms with E-state index in [1.165, 1.54) is 0 Å². The maximum Gasteiger partial charge on any atom is 0.243 e. The fourth-order valence-corrected chi connectivity index (χ4v) is 6.24. The van der Waals surface area contributed by atoms with E-state index in [1.54, 1.807) is 23.5 Å². The van der Waals surface area contributed by atoms with Crippen LogP contribution in [0.25, 0.3) is 0 Å². The standard InChI is InChI=1S/C20H29NO4S/c1-6-11-20-13-17(24-5)12-19(4,25-20)14-21(16(20)3)26(22,23)18-9-7-15(2)8-10-18/h6-10,16-17H,1,11-14H2,2-5H3/t16-,17-,19+,20-/m0/s1. The molecule has 0 amide bonds. The minimum absolute atomic E-state index is 0.0559. The van der Waals surface area contributed by atoms with Crippen LogP contribution in [-0.4, -0.2) is 49.7 Å². The second-order valence-electron chi connectivity index (χ2n) is 7.91. The molecule has 0 saturated carbocycles. The largest absolute Gasteiger partial charge is 0.381 e. The zero-order chi connectivity index (χ0) is 19.2. The summed E-state index contributed by atoms with van der Waals surface area (Å²) in [6, 6.07) is 6.73. The molecule has 0 aliphatic carbocycles. The van der Waals surface area contributed by atoms with Gasteiger partial charge in [0.15, 0.2) is 0 Å². The van der Waals surface area contributed by atoms with Gasteiger partial charge in [0.25, 0.3) is 0 Å². The van der Waals surface area contributed by atoms with E-state index in [9.17, 15) is 8.42 Å². The monoisotopic (exact) mass is 379 g/mol. The summed E-state index contributed by atoms with van der Waals surface area (Å²) >= 11 is 0. The van der Waals surface area contributed by atoms with Crippen LogP contribution in [0.4, 0.5) is 0 Å². The van der Waals surface area contributed by atoms with E-state index in [-0.39, 0.29) is 12.1 Å². The Morgan fingerprint density at radius 1 is 1.35 bits per heavy atom. The normalized spacial score (nSPS) is 35.2. The van der Waals surface area contributed by atoms with Gasteiger partial charge in [0.1, 0.15) is 0 Å². The third-order valence-corrected chi connectivity index (χ3v) is 7.75. The Kier molecular flexibility index (Phi) is 5.07. The van der Waals surface area contributed by atoms with Crippen molar-refractivity contribution in [3.63, 3.8) is 0 Å². The van der Waals surface area contributed by atoms with E-state index in [2.05, 4.69) is 6.58 Å². The van der Waals surface area contributed by atoms with Gasteiger partial charge in [-0.2, -0.15) is 4.31 Å². The third kappa shape index (κ3) is 3.24. The zero-order valence-corrected chi connectivity index (χ0v) is 16.9. The molecule has 0 unspecified atom stereocenters. The van der Waals surface area contributed by atoms with Crippen LogP contribution in [0.3, 0.4) is 0 Å². The molecular weight excluding hydrogens is 350 g/mol. The Balaban J connectivity index is 2.04. The molecule has 0 radical (unpaired) electrons. The Morgan fingerprint density at radius 2 is 2.00 bits per heavy atom. The second-order valence-corrected chi connectivity index (χ2v) is 9.81. The third-order valence-electron chi connectivity index (χ3n) is 5.82. The molecule has 0 spiro atoms. The topological polar surface area (TPSA) is 55.8 Å². The molecule has 4 atom stereocenters. The number of nitrogens with zero attached hydrogens (tertiary/aromatic N) is 1. The summed E-state index contributed by atoms with van der Waals surface area (Å²) in [6.45, 7) is 10.1. The molecule has 2 fully saturated rings. The number of benzene rings is 1. The van der Waals surface area contributed by atoms with Crippen molar-refractivity contribution in [2.75, 3.05) is 13.7 Å². The van der Waals surface area contributed by atoms with Gasteiger partial charge in [0.05, 0.1) is 28.2 Å². The number of rotatable bonds is 5. The number of sulfonamides is 1. The smallest absolute Gasteiger partial charge is 0.243 e. The lowest BCUT2D eigenvalue weighted by molar-refractivity contribution is -0.261. The van der Waals surface area contributed by atoms with Crippen molar-refractivity contribution in [3.05, 3.63) is 42.5 Å². The number of aryl methyl sites for hydroxylation is 1. The van der Waals surface area contributed by atoms with Crippen molar-refractivity contribution in [2.24, 2.45) is 0 Å². The number of hydrogen-bond acceptors (Lipinski definition) is 4. The highest BCUT2D eigenvalue weighted by atomic mass is 32.2. The first-order chi connectivity index (χ1) is 12.2. The van der Waals surface area contributed by atoms with Crippen molar-refractivity contribution < 1.29 is 17.9 Å². The molecule has 6 heteroatoms. The van der Waals surface area contributed by atoms with Crippen LogP contribution >= 0.6 is 0 Å². The Labute approximate surface area is 157 Å². The van der Waals surface area contributed by atoms with Crippen LogP contribution < -0.4 is 0 Å². The first-order valence-corrected chi connectivity index (χ1v) is 10.5. The molecule has 3 rings (SSSR count). The van der Waals surface area contributed by atoms with Gasteiger partial charge in [-0.05, 0) is 39.3 Å². The molecule has 0 N–H and O–H groups in total. The van der Waals surface area contributed by atoms with Gasteiger partial charge in [-0.15, -0.1) is 6.58 Å². The maximum absolute atomic E-state index is 13.4. The van der Waals surface area contributed by atoms with Crippen LogP contribution in [0.15, 0.2) is 41.8 Å². The summed E-state index contributed by atoms with van der Waals surface area (Å²) in [5, 5.41) is 0. The summed E-state index contributed by atoms with van der Waals surface area (Å²) in [4.78, 5) is 0.329. The molecule has 144 valence electrons. The minimum atomic E-state index is -3.61. The number of hydrogen-bond donors (Lipinski definition) is 0. The average molecular weight is 380 g/mol. The summed E-state index contributed by atoms with van der Waals surface area (Å²) in [5.41, 5.74) is -0.161. The Bertz CT molecular complexity index is 776. The highest BCUT2D eigenvalue weighted by Crippen LogP contribution is 2.48. The quantitative estimate of drug-likeness (QED) is 0.737. The Hall–Kier alpha value is -1.21. The summed E-state index contributed by atoms with van der Waals surface area (Å²) in [7, 11) is -1.90. The molecule has 2 heterocycles. The molecule has 2 aliphatic rings. The van der Waals surface area contributed by atoms with E-state index < -0.39 is 21.2 Å². The molecule has 5 nitrogen and oxygen atoms in total. The van der Waals surface area contributed by atoms with Gasteiger partial charge in [0.2, 0.25) is 10.0 Å². The summed E-state index contributed by atoms with van der Waals surface area (Å²) in [5.74, 6) is 0. The molecule has 2 aliphatic heterocycles. The summed E-state index contributed by atoms with van der Waals surface area (Å²) < 4.78 is 40.6. The van der Waals surface area contributed by atoms with Gasteiger partial charge in [-0.25, -0.2) is 8.42 Å². The minimum Gasteiger partial charge on any atom is -0.381 e. The molecule has 1 aromatic carbocycles. The number of ether oxygens (including phenoxy) is 2. The van der Waals surface area contributed by atoms with Crippen LogP contribution in [-0.2, 0) is 19.5 Å². The van der Waals surface area contributed by atoms with Crippen LogP contribution in [0.5, 0.6) is 0 Å². The lowest BCUT2D eigenvalue weighted by atomic mass is 9.75. The van der Waals surface area contributed by atoms with Crippen molar-refractivity contribution in [3.8, 4) is 0 Å².